The lowest BCUT2D eigenvalue weighted by molar-refractivity contribution is -0.660. The first-order chi connectivity index (χ1) is 15.8. The zero-order chi connectivity index (χ0) is 22.9. The lowest BCUT2D eigenvalue weighted by atomic mass is 9.90. The quantitative estimate of drug-likeness (QED) is 0.265. The maximum absolute atomic E-state index is 15.3. The van der Waals surface area contributed by atoms with Crippen molar-refractivity contribution in [2.24, 2.45) is 12.5 Å². The summed E-state index contributed by atoms with van der Waals surface area (Å²) in [6.07, 6.45) is 4.13. The molecule has 0 atom stereocenters. The van der Waals surface area contributed by atoms with Gasteiger partial charge in [-0.3, -0.25) is 0 Å². The monoisotopic (exact) mass is 436 g/mol. The molecule has 2 heterocycles. The van der Waals surface area contributed by atoms with E-state index in [0.717, 1.165) is 51.6 Å². The van der Waals surface area contributed by atoms with Gasteiger partial charge in [-0.15, -0.1) is 0 Å². The number of hydrogen-bond donors (Lipinski definition) is 0. The molecule has 0 fully saturated rings. The van der Waals surface area contributed by atoms with Crippen molar-refractivity contribution in [2.75, 3.05) is 0 Å². The van der Waals surface area contributed by atoms with Crippen LogP contribution >= 0.6 is 0 Å². The Morgan fingerprint density at radius 1 is 0.909 bits per heavy atom. The SMILES string of the molecule is Cc1ccc2oc3c(-c4ccc5c(c4)CC(C)(C)C5)c(F)ccc3c2c1-c1cccc[n+]1C. The predicted molar refractivity (Wildman–Crippen MR) is 132 cm³/mol. The second kappa shape index (κ2) is 7.02. The summed E-state index contributed by atoms with van der Waals surface area (Å²) >= 11 is 0. The average Bonchev–Trinajstić information content (AvgIpc) is 3.29. The Bertz CT molecular complexity index is 1570. The summed E-state index contributed by atoms with van der Waals surface area (Å²) in [5.74, 6) is -0.248. The molecule has 0 bridgehead atoms. The molecule has 0 unspecified atom stereocenters. The Labute approximate surface area is 193 Å². The fraction of sp³-hybridized carbons (Fsp3) is 0.233. The van der Waals surface area contributed by atoms with Gasteiger partial charge >= 0.3 is 0 Å². The van der Waals surface area contributed by atoms with Crippen molar-refractivity contribution in [3.63, 3.8) is 0 Å². The average molecular weight is 437 g/mol. The summed E-state index contributed by atoms with van der Waals surface area (Å²) in [6, 6.07) is 20.1. The van der Waals surface area contributed by atoms with Gasteiger partial charge in [0.05, 0.1) is 11.1 Å². The van der Waals surface area contributed by atoms with Gasteiger partial charge in [-0.05, 0) is 71.7 Å². The van der Waals surface area contributed by atoms with E-state index in [4.69, 9.17) is 4.42 Å². The third-order valence-corrected chi connectivity index (χ3v) is 7.11. The molecule has 3 aromatic carbocycles. The minimum atomic E-state index is -0.248. The fourth-order valence-corrected chi connectivity index (χ4v) is 5.61. The van der Waals surface area contributed by atoms with Crippen molar-refractivity contribution in [1.29, 1.82) is 0 Å². The van der Waals surface area contributed by atoms with Crippen molar-refractivity contribution < 1.29 is 13.4 Å². The van der Waals surface area contributed by atoms with Crippen molar-refractivity contribution in [3.05, 3.63) is 89.4 Å². The standard InChI is InChI=1S/C30H27FNO/c1-18-8-13-25-28(26(18)24-7-5-6-14-32(24)4)22-11-12-23(31)27(29(22)33-25)19-9-10-20-16-30(2,3)17-21(20)15-19/h5-15H,16-17H2,1-4H3/q+1. The minimum Gasteiger partial charge on any atom is -0.455 e. The van der Waals surface area contributed by atoms with E-state index in [1.807, 2.05) is 37.5 Å². The van der Waals surface area contributed by atoms with Gasteiger partial charge in [-0.2, -0.15) is 0 Å². The summed E-state index contributed by atoms with van der Waals surface area (Å²) in [7, 11) is 2.05. The highest BCUT2D eigenvalue weighted by molar-refractivity contribution is 6.15. The molecule has 0 spiro atoms. The first-order valence-corrected chi connectivity index (χ1v) is 11.5. The zero-order valence-electron chi connectivity index (χ0n) is 19.5. The molecule has 164 valence electrons. The van der Waals surface area contributed by atoms with Crippen LogP contribution in [0.4, 0.5) is 4.39 Å². The van der Waals surface area contributed by atoms with Crippen LogP contribution in [0.2, 0.25) is 0 Å². The van der Waals surface area contributed by atoms with Crippen LogP contribution in [0.25, 0.3) is 44.3 Å². The molecule has 33 heavy (non-hydrogen) atoms. The highest BCUT2D eigenvalue weighted by Crippen LogP contribution is 2.44. The third kappa shape index (κ3) is 3.10. The number of fused-ring (bicyclic) bond motifs is 4. The number of benzene rings is 3. The Morgan fingerprint density at radius 3 is 2.55 bits per heavy atom. The van der Waals surface area contributed by atoms with Crippen LogP contribution in [0.15, 0.2) is 71.3 Å². The first kappa shape index (κ1) is 20.2. The maximum Gasteiger partial charge on any atom is 0.213 e. The minimum absolute atomic E-state index is 0.248. The molecule has 2 nitrogen and oxygen atoms in total. The second-order valence-corrected chi connectivity index (χ2v) is 10.2. The number of pyridine rings is 1. The smallest absolute Gasteiger partial charge is 0.213 e. The van der Waals surface area contributed by atoms with Crippen molar-refractivity contribution in [1.82, 2.24) is 0 Å². The first-order valence-electron chi connectivity index (χ1n) is 11.5. The van der Waals surface area contributed by atoms with Crippen molar-refractivity contribution in [3.8, 4) is 22.4 Å². The molecule has 1 aliphatic carbocycles. The van der Waals surface area contributed by atoms with Gasteiger partial charge in [0.25, 0.3) is 0 Å². The normalized spacial score (nSPS) is 14.8. The molecule has 0 saturated heterocycles. The number of furan rings is 1. The third-order valence-electron chi connectivity index (χ3n) is 7.11. The van der Waals surface area contributed by atoms with Crippen LogP contribution in [-0.2, 0) is 19.9 Å². The summed E-state index contributed by atoms with van der Waals surface area (Å²) in [6.45, 7) is 6.70. The largest absolute Gasteiger partial charge is 0.455 e. The van der Waals surface area contributed by atoms with Crippen LogP contribution in [0.5, 0.6) is 0 Å². The van der Waals surface area contributed by atoms with Gasteiger partial charge in [0.15, 0.2) is 6.20 Å². The molecule has 5 aromatic rings. The molecule has 0 N–H and O–H groups in total. The molecule has 0 radical (unpaired) electrons. The summed E-state index contributed by atoms with van der Waals surface area (Å²) in [5.41, 5.74) is 9.18. The van der Waals surface area contributed by atoms with Crippen LogP contribution in [0.3, 0.4) is 0 Å². The van der Waals surface area contributed by atoms with Crippen LogP contribution in [0, 0.1) is 18.2 Å². The number of nitrogens with zero attached hydrogens (tertiary/aromatic N) is 1. The van der Waals surface area contributed by atoms with Gasteiger partial charge in [0, 0.05) is 22.9 Å². The Kier molecular flexibility index (Phi) is 4.29. The number of hydrogen-bond acceptors (Lipinski definition) is 1. The van der Waals surface area contributed by atoms with Gasteiger partial charge < -0.3 is 4.42 Å². The highest BCUT2D eigenvalue weighted by atomic mass is 19.1. The number of halogens is 1. The predicted octanol–water partition coefficient (Wildman–Crippen LogP) is 7.32. The lowest BCUT2D eigenvalue weighted by Gasteiger charge is -2.14. The van der Waals surface area contributed by atoms with E-state index >= 15 is 4.39 Å². The molecule has 6 rings (SSSR count). The summed E-state index contributed by atoms with van der Waals surface area (Å²) in [4.78, 5) is 0. The lowest BCUT2D eigenvalue weighted by Crippen LogP contribution is -2.30. The van der Waals surface area contributed by atoms with Gasteiger partial charge in [0.2, 0.25) is 5.69 Å². The Balaban J connectivity index is 1.65. The Hall–Kier alpha value is -3.46. The fourth-order valence-electron chi connectivity index (χ4n) is 5.61. The molecular weight excluding hydrogens is 409 g/mol. The molecule has 0 amide bonds. The molecule has 0 saturated carbocycles. The number of aryl methyl sites for hydroxylation is 2. The van der Waals surface area contributed by atoms with Crippen LogP contribution < -0.4 is 4.57 Å². The van der Waals surface area contributed by atoms with E-state index in [-0.39, 0.29) is 11.2 Å². The van der Waals surface area contributed by atoms with E-state index in [2.05, 4.69) is 55.7 Å². The molecule has 2 aromatic heterocycles. The van der Waals surface area contributed by atoms with Gasteiger partial charge in [-0.25, -0.2) is 8.96 Å². The molecule has 1 aliphatic rings. The van der Waals surface area contributed by atoms with E-state index < -0.39 is 0 Å². The number of aromatic nitrogens is 1. The maximum atomic E-state index is 15.3. The van der Waals surface area contributed by atoms with Crippen molar-refractivity contribution in [2.45, 2.75) is 33.6 Å². The molecular formula is C30H27FNO+. The molecule has 0 aliphatic heterocycles. The number of rotatable bonds is 2. The highest BCUT2D eigenvalue weighted by Gasteiger charge is 2.29. The molecule has 3 heteroatoms. The van der Waals surface area contributed by atoms with E-state index in [1.165, 1.54) is 11.1 Å². The van der Waals surface area contributed by atoms with E-state index in [9.17, 15) is 0 Å². The van der Waals surface area contributed by atoms with E-state index in [1.54, 1.807) is 6.07 Å². The second-order valence-electron chi connectivity index (χ2n) is 10.2. The van der Waals surface area contributed by atoms with Crippen molar-refractivity contribution >= 4 is 21.9 Å². The van der Waals surface area contributed by atoms with Gasteiger partial charge in [0.1, 0.15) is 24.0 Å². The Morgan fingerprint density at radius 2 is 1.73 bits per heavy atom. The summed E-state index contributed by atoms with van der Waals surface area (Å²) < 4.78 is 23.8. The zero-order valence-corrected chi connectivity index (χ0v) is 19.5. The van der Waals surface area contributed by atoms with E-state index in [0.29, 0.717) is 11.1 Å². The summed E-state index contributed by atoms with van der Waals surface area (Å²) in [5, 5.41) is 1.99. The van der Waals surface area contributed by atoms with Gasteiger partial charge in [-0.1, -0.05) is 38.1 Å². The topological polar surface area (TPSA) is 17.0 Å². The van der Waals surface area contributed by atoms with Crippen LogP contribution in [0.1, 0.15) is 30.5 Å². The van der Waals surface area contributed by atoms with Crippen LogP contribution in [-0.4, -0.2) is 0 Å².